The van der Waals surface area contributed by atoms with Crippen molar-refractivity contribution in [3.8, 4) is 5.75 Å². The first-order valence-corrected chi connectivity index (χ1v) is 11.2. The van der Waals surface area contributed by atoms with Crippen molar-refractivity contribution in [1.29, 1.82) is 0 Å². The van der Waals surface area contributed by atoms with Crippen LogP contribution in [0.15, 0.2) is 78.0 Å². The monoisotopic (exact) mass is 478 g/mol. The van der Waals surface area contributed by atoms with Gasteiger partial charge < -0.3 is 9.57 Å². The summed E-state index contributed by atoms with van der Waals surface area (Å²) >= 11 is 0. The number of nitrogens with one attached hydrogen (secondary N) is 1. The molecule has 0 saturated carbocycles. The Kier molecular flexibility index (Phi) is 7.27. The van der Waals surface area contributed by atoms with Crippen molar-refractivity contribution in [3.63, 3.8) is 0 Å². The Hall–Kier alpha value is -3.53. The van der Waals surface area contributed by atoms with Gasteiger partial charge in [0.15, 0.2) is 0 Å². The second-order valence-corrected chi connectivity index (χ2v) is 8.70. The summed E-state index contributed by atoms with van der Waals surface area (Å²) in [6.45, 7) is 1.81. The second kappa shape index (κ2) is 9.95. The van der Waals surface area contributed by atoms with E-state index in [0.29, 0.717) is 16.9 Å². The van der Waals surface area contributed by atoms with Gasteiger partial charge in [0, 0.05) is 11.1 Å². The van der Waals surface area contributed by atoms with Crippen molar-refractivity contribution in [2.24, 2.45) is 5.16 Å². The zero-order valence-corrected chi connectivity index (χ0v) is 18.6. The van der Waals surface area contributed by atoms with E-state index < -0.39 is 15.5 Å². The number of hydrogen-bond acceptors (Lipinski definition) is 5. The standard InChI is InChI=1S/C23H21F3N2O4S/c1-16-8-13-21(28-33(29,30)23(24,25)26)20(14-16)22(18-6-4-3-5-7-18)27-32-15-17-9-11-19(31-2)12-10-17/h3-14,28H,15H2,1-2H3/b27-22+. The Bertz CT molecular complexity index is 1230. The van der Waals surface area contributed by atoms with E-state index in [-0.39, 0.29) is 23.6 Å². The number of anilines is 1. The smallest absolute Gasteiger partial charge is 0.497 e. The van der Waals surface area contributed by atoms with Crippen LogP contribution in [0.1, 0.15) is 22.3 Å². The number of benzene rings is 3. The molecule has 10 heteroatoms. The van der Waals surface area contributed by atoms with Crippen LogP contribution in [0.25, 0.3) is 0 Å². The first-order valence-electron chi connectivity index (χ1n) is 9.69. The number of oxime groups is 1. The number of hydrogen-bond donors (Lipinski definition) is 1. The highest BCUT2D eigenvalue weighted by atomic mass is 32.2. The molecule has 0 spiro atoms. The lowest BCUT2D eigenvalue weighted by Gasteiger charge is -2.16. The molecule has 0 aliphatic rings. The molecule has 0 radical (unpaired) electrons. The van der Waals surface area contributed by atoms with Crippen molar-refractivity contribution in [2.75, 3.05) is 11.8 Å². The average Bonchev–Trinajstić information content (AvgIpc) is 2.78. The molecule has 3 rings (SSSR count). The van der Waals surface area contributed by atoms with Gasteiger partial charge in [0.05, 0.1) is 12.8 Å². The molecule has 0 bridgehead atoms. The maximum absolute atomic E-state index is 13.0. The van der Waals surface area contributed by atoms with Gasteiger partial charge in [-0.05, 0) is 36.8 Å². The highest BCUT2D eigenvalue weighted by Gasteiger charge is 2.46. The molecule has 174 valence electrons. The van der Waals surface area contributed by atoms with Crippen LogP contribution in [0.2, 0.25) is 0 Å². The predicted octanol–water partition coefficient (Wildman–Crippen LogP) is 5.23. The Labute approximate surface area is 189 Å². The van der Waals surface area contributed by atoms with Gasteiger partial charge in [-0.1, -0.05) is 59.3 Å². The molecule has 1 N–H and O–H groups in total. The summed E-state index contributed by atoms with van der Waals surface area (Å²) in [6, 6.07) is 20.0. The molecule has 6 nitrogen and oxygen atoms in total. The third-order valence-electron chi connectivity index (χ3n) is 4.57. The van der Waals surface area contributed by atoms with E-state index in [9.17, 15) is 21.6 Å². The van der Waals surface area contributed by atoms with E-state index in [0.717, 1.165) is 5.56 Å². The largest absolute Gasteiger partial charge is 0.516 e. The quantitative estimate of drug-likeness (QED) is 0.355. The Morgan fingerprint density at radius 2 is 1.67 bits per heavy atom. The summed E-state index contributed by atoms with van der Waals surface area (Å²) in [6.07, 6.45) is 0. The lowest BCUT2D eigenvalue weighted by atomic mass is 9.99. The summed E-state index contributed by atoms with van der Waals surface area (Å²) < 4.78 is 69.2. The Balaban J connectivity index is 2.00. The van der Waals surface area contributed by atoms with Crippen LogP contribution in [0.3, 0.4) is 0 Å². The van der Waals surface area contributed by atoms with Crippen LogP contribution >= 0.6 is 0 Å². The molecule has 3 aromatic carbocycles. The highest BCUT2D eigenvalue weighted by Crippen LogP contribution is 2.29. The van der Waals surface area contributed by atoms with Crippen LogP contribution in [-0.2, 0) is 21.5 Å². The molecule has 0 saturated heterocycles. The fourth-order valence-electron chi connectivity index (χ4n) is 2.89. The topological polar surface area (TPSA) is 77.0 Å². The minimum Gasteiger partial charge on any atom is -0.497 e. The number of ether oxygens (including phenoxy) is 1. The Morgan fingerprint density at radius 3 is 2.27 bits per heavy atom. The van der Waals surface area contributed by atoms with Crippen LogP contribution in [-0.4, -0.2) is 26.7 Å². The number of alkyl halides is 3. The molecule has 0 fully saturated rings. The SMILES string of the molecule is COc1ccc(CO/N=C(\c2ccccc2)c2cc(C)ccc2NS(=O)(=O)C(F)(F)F)cc1. The van der Waals surface area contributed by atoms with Crippen LogP contribution in [0, 0.1) is 6.92 Å². The molecule has 0 amide bonds. The van der Waals surface area contributed by atoms with E-state index >= 15 is 0 Å². The normalized spacial score (nSPS) is 12.3. The third-order valence-corrected chi connectivity index (χ3v) is 5.67. The van der Waals surface area contributed by atoms with Crippen molar-refractivity contribution in [3.05, 3.63) is 95.1 Å². The van der Waals surface area contributed by atoms with E-state index in [1.54, 1.807) is 73.4 Å². The fourth-order valence-corrected chi connectivity index (χ4v) is 3.48. The first-order chi connectivity index (χ1) is 15.6. The molecule has 0 unspecified atom stereocenters. The zero-order valence-electron chi connectivity index (χ0n) is 17.8. The summed E-state index contributed by atoms with van der Waals surface area (Å²) in [5.74, 6) is 0.675. The molecular formula is C23H21F3N2O4S. The van der Waals surface area contributed by atoms with Crippen molar-refractivity contribution in [1.82, 2.24) is 0 Å². The highest BCUT2D eigenvalue weighted by molar-refractivity contribution is 7.93. The van der Waals surface area contributed by atoms with Crippen molar-refractivity contribution >= 4 is 21.4 Å². The van der Waals surface area contributed by atoms with E-state index in [1.165, 1.54) is 18.2 Å². The summed E-state index contributed by atoms with van der Waals surface area (Å²) in [4.78, 5) is 5.50. The van der Waals surface area contributed by atoms with Gasteiger partial charge in [-0.3, -0.25) is 4.72 Å². The van der Waals surface area contributed by atoms with Gasteiger partial charge in [-0.2, -0.15) is 21.6 Å². The maximum Gasteiger partial charge on any atom is 0.516 e. The summed E-state index contributed by atoms with van der Waals surface area (Å²) in [5, 5.41) is 4.17. The van der Waals surface area contributed by atoms with Gasteiger partial charge in [0.25, 0.3) is 0 Å². The maximum atomic E-state index is 13.0. The molecule has 0 aromatic heterocycles. The van der Waals surface area contributed by atoms with Gasteiger partial charge >= 0.3 is 15.5 Å². The number of rotatable bonds is 8. The minimum absolute atomic E-state index is 0.0791. The second-order valence-electron chi connectivity index (χ2n) is 7.03. The van der Waals surface area contributed by atoms with Crippen LogP contribution in [0.4, 0.5) is 18.9 Å². The first kappa shape index (κ1) is 24.1. The van der Waals surface area contributed by atoms with Gasteiger partial charge in [-0.15, -0.1) is 0 Å². The number of methoxy groups -OCH3 is 1. The number of aryl methyl sites for hydroxylation is 1. The van der Waals surface area contributed by atoms with Gasteiger partial charge in [0.1, 0.15) is 18.1 Å². The molecule has 3 aromatic rings. The molecular weight excluding hydrogens is 457 g/mol. The van der Waals surface area contributed by atoms with Crippen LogP contribution in [0.5, 0.6) is 5.75 Å². The van der Waals surface area contributed by atoms with E-state index in [1.807, 2.05) is 0 Å². The van der Waals surface area contributed by atoms with E-state index in [2.05, 4.69) is 5.16 Å². The lowest BCUT2D eigenvalue weighted by molar-refractivity contribution is -0.0429. The van der Waals surface area contributed by atoms with Gasteiger partial charge in [-0.25, -0.2) is 0 Å². The molecule has 0 atom stereocenters. The van der Waals surface area contributed by atoms with Crippen molar-refractivity contribution < 1.29 is 31.2 Å². The molecule has 33 heavy (non-hydrogen) atoms. The average molecular weight is 478 g/mol. The number of halogens is 3. The molecule has 0 aliphatic carbocycles. The van der Waals surface area contributed by atoms with Gasteiger partial charge in [0.2, 0.25) is 0 Å². The molecule has 0 heterocycles. The Morgan fingerprint density at radius 1 is 1.00 bits per heavy atom. The predicted molar refractivity (Wildman–Crippen MR) is 120 cm³/mol. The summed E-state index contributed by atoms with van der Waals surface area (Å²) in [7, 11) is -4.08. The molecule has 0 aliphatic heterocycles. The third kappa shape index (κ3) is 6.04. The number of sulfonamides is 1. The zero-order chi connectivity index (χ0) is 24.1. The van der Waals surface area contributed by atoms with Crippen molar-refractivity contribution in [2.45, 2.75) is 19.0 Å². The fraction of sp³-hybridized carbons (Fsp3) is 0.174. The summed E-state index contributed by atoms with van der Waals surface area (Å²) in [5.41, 5.74) is -3.41. The lowest BCUT2D eigenvalue weighted by Crippen LogP contribution is -2.30. The minimum atomic E-state index is -5.63. The van der Waals surface area contributed by atoms with Crippen LogP contribution < -0.4 is 9.46 Å². The van der Waals surface area contributed by atoms with E-state index in [4.69, 9.17) is 9.57 Å². The number of nitrogens with zero attached hydrogens (tertiary/aromatic N) is 1.